The van der Waals surface area contributed by atoms with Crippen LogP contribution >= 0.6 is 0 Å². The predicted molar refractivity (Wildman–Crippen MR) is 88.3 cm³/mol. The topological polar surface area (TPSA) is 46.2 Å². The average molecular weight is 295 g/mol. The van der Waals surface area contributed by atoms with Gasteiger partial charge in [-0.05, 0) is 26.3 Å². The largest absolute Gasteiger partial charge is 0.350 e. The fourth-order valence-electron chi connectivity index (χ4n) is 2.14. The van der Waals surface area contributed by atoms with Crippen molar-refractivity contribution in [3.05, 3.63) is 70.8 Å². The number of ketones is 1. The summed E-state index contributed by atoms with van der Waals surface area (Å²) in [5, 5.41) is 2.91. The van der Waals surface area contributed by atoms with Crippen LogP contribution in [0.5, 0.6) is 0 Å². The third-order valence-electron chi connectivity index (χ3n) is 3.72. The van der Waals surface area contributed by atoms with Gasteiger partial charge in [-0.3, -0.25) is 9.59 Å². The maximum Gasteiger partial charge on any atom is 0.252 e. The molecule has 0 saturated carbocycles. The van der Waals surface area contributed by atoms with E-state index in [0.29, 0.717) is 16.7 Å². The van der Waals surface area contributed by atoms with Crippen LogP contribution in [-0.2, 0) is 0 Å². The summed E-state index contributed by atoms with van der Waals surface area (Å²) in [6, 6.07) is 14.4. The van der Waals surface area contributed by atoms with E-state index in [1.54, 1.807) is 36.4 Å². The van der Waals surface area contributed by atoms with E-state index in [9.17, 15) is 9.59 Å². The van der Waals surface area contributed by atoms with Gasteiger partial charge in [0.25, 0.3) is 5.91 Å². The summed E-state index contributed by atoms with van der Waals surface area (Å²) < 4.78 is 0. The van der Waals surface area contributed by atoms with E-state index < -0.39 is 0 Å². The van der Waals surface area contributed by atoms with Crippen molar-refractivity contribution in [1.29, 1.82) is 0 Å². The number of hydrogen-bond acceptors (Lipinski definition) is 2. The molecule has 1 atom stereocenters. The molecule has 22 heavy (non-hydrogen) atoms. The van der Waals surface area contributed by atoms with Crippen LogP contribution in [0.1, 0.15) is 52.1 Å². The zero-order valence-corrected chi connectivity index (χ0v) is 13.2. The molecule has 114 valence electrons. The molecule has 0 aliphatic rings. The van der Waals surface area contributed by atoms with Crippen molar-refractivity contribution < 1.29 is 9.59 Å². The second-order valence-corrected chi connectivity index (χ2v) is 5.52. The van der Waals surface area contributed by atoms with Crippen LogP contribution in [-0.4, -0.2) is 17.7 Å². The van der Waals surface area contributed by atoms with E-state index in [1.165, 1.54) is 0 Å². The van der Waals surface area contributed by atoms with Crippen LogP contribution in [0.3, 0.4) is 0 Å². The lowest BCUT2D eigenvalue weighted by molar-refractivity contribution is 0.0929. The highest BCUT2D eigenvalue weighted by Crippen LogP contribution is 2.16. The van der Waals surface area contributed by atoms with Crippen LogP contribution < -0.4 is 5.32 Å². The van der Waals surface area contributed by atoms with Gasteiger partial charge in [-0.15, -0.1) is 0 Å². The fourth-order valence-corrected chi connectivity index (χ4v) is 2.14. The van der Waals surface area contributed by atoms with Crippen LogP contribution in [0.15, 0.2) is 48.5 Å². The van der Waals surface area contributed by atoms with E-state index >= 15 is 0 Å². The molecular weight excluding hydrogens is 274 g/mol. The van der Waals surface area contributed by atoms with Gasteiger partial charge in [-0.1, -0.05) is 55.0 Å². The molecule has 0 unspecified atom stereocenters. The Morgan fingerprint density at radius 2 is 1.59 bits per heavy atom. The highest BCUT2D eigenvalue weighted by atomic mass is 16.2. The number of benzene rings is 2. The van der Waals surface area contributed by atoms with Crippen molar-refractivity contribution in [1.82, 2.24) is 5.32 Å². The van der Waals surface area contributed by atoms with Crippen LogP contribution in [0.25, 0.3) is 0 Å². The lowest BCUT2D eigenvalue weighted by Gasteiger charge is -2.13. The van der Waals surface area contributed by atoms with Gasteiger partial charge in [0, 0.05) is 17.2 Å². The van der Waals surface area contributed by atoms with Crippen LogP contribution in [0, 0.1) is 6.92 Å². The van der Waals surface area contributed by atoms with E-state index in [2.05, 4.69) is 5.32 Å². The molecule has 0 spiro atoms. The van der Waals surface area contributed by atoms with Crippen molar-refractivity contribution >= 4 is 11.7 Å². The maximum absolute atomic E-state index is 12.7. The Bertz CT molecular complexity index is 674. The number of hydrogen-bond donors (Lipinski definition) is 1. The normalized spacial score (nSPS) is 11.8. The summed E-state index contributed by atoms with van der Waals surface area (Å²) in [5.41, 5.74) is 2.55. The first kappa shape index (κ1) is 16.0. The van der Waals surface area contributed by atoms with E-state index in [-0.39, 0.29) is 17.7 Å². The molecule has 0 aliphatic heterocycles. The smallest absolute Gasteiger partial charge is 0.252 e. The summed E-state index contributed by atoms with van der Waals surface area (Å²) in [5.74, 6) is -0.333. The van der Waals surface area contributed by atoms with Gasteiger partial charge in [0.2, 0.25) is 0 Å². The fraction of sp³-hybridized carbons (Fsp3) is 0.263. The second-order valence-electron chi connectivity index (χ2n) is 5.52. The molecule has 0 aromatic heterocycles. The van der Waals surface area contributed by atoms with Gasteiger partial charge in [-0.25, -0.2) is 0 Å². The Morgan fingerprint density at radius 1 is 1.00 bits per heavy atom. The molecule has 0 aliphatic carbocycles. The zero-order valence-electron chi connectivity index (χ0n) is 13.2. The van der Waals surface area contributed by atoms with Gasteiger partial charge in [0.1, 0.15) is 0 Å². The standard InChI is InChI=1S/C19H21NO2/c1-4-14(3)20-19(22)17-8-6-5-7-16(17)18(21)15-11-9-13(2)10-12-15/h5-12,14H,4H2,1-3H3,(H,20,22)/t14-/m0/s1. The summed E-state index contributed by atoms with van der Waals surface area (Å²) in [6.45, 7) is 5.93. The first-order valence-electron chi connectivity index (χ1n) is 7.54. The molecule has 0 radical (unpaired) electrons. The van der Waals surface area contributed by atoms with Gasteiger partial charge < -0.3 is 5.32 Å². The Morgan fingerprint density at radius 3 is 2.18 bits per heavy atom. The van der Waals surface area contributed by atoms with Gasteiger partial charge >= 0.3 is 0 Å². The number of carbonyl (C=O) groups is 2. The van der Waals surface area contributed by atoms with Crippen molar-refractivity contribution in [3.63, 3.8) is 0 Å². The Kier molecular flexibility index (Phi) is 5.10. The molecule has 1 amide bonds. The second kappa shape index (κ2) is 7.03. The third-order valence-corrected chi connectivity index (χ3v) is 3.72. The van der Waals surface area contributed by atoms with E-state index in [4.69, 9.17) is 0 Å². The molecule has 2 rings (SSSR count). The number of aryl methyl sites for hydroxylation is 1. The van der Waals surface area contributed by atoms with Crippen molar-refractivity contribution in [2.45, 2.75) is 33.2 Å². The quantitative estimate of drug-likeness (QED) is 0.854. The zero-order chi connectivity index (χ0) is 16.1. The monoisotopic (exact) mass is 295 g/mol. The highest BCUT2D eigenvalue weighted by Gasteiger charge is 2.18. The molecular formula is C19H21NO2. The lowest BCUT2D eigenvalue weighted by atomic mass is 9.97. The minimum Gasteiger partial charge on any atom is -0.350 e. The number of nitrogens with one attached hydrogen (secondary N) is 1. The average Bonchev–Trinajstić information content (AvgIpc) is 2.54. The maximum atomic E-state index is 12.7. The van der Waals surface area contributed by atoms with Crippen LogP contribution in [0.2, 0.25) is 0 Å². The summed E-state index contributed by atoms with van der Waals surface area (Å²) in [7, 11) is 0. The molecule has 1 N–H and O–H groups in total. The van der Waals surface area contributed by atoms with Crippen molar-refractivity contribution in [3.8, 4) is 0 Å². The Labute approximate surface area is 131 Å². The van der Waals surface area contributed by atoms with Crippen molar-refractivity contribution in [2.75, 3.05) is 0 Å². The molecule has 3 nitrogen and oxygen atoms in total. The Balaban J connectivity index is 2.33. The van der Waals surface area contributed by atoms with E-state index in [0.717, 1.165) is 12.0 Å². The first-order valence-corrected chi connectivity index (χ1v) is 7.54. The SMILES string of the molecule is CC[C@H](C)NC(=O)c1ccccc1C(=O)c1ccc(C)cc1. The summed E-state index contributed by atoms with van der Waals surface area (Å²) in [4.78, 5) is 25.0. The van der Waals surface area contributed by atoms with Crippen molar-refractivity contribution in [2.24, 2.45) is 0 Å². The summed E-state index contributed by atoms with van der Waals surface area (Å²) >= 11 is 0. The first-order chi connectivity index (χ1) is 10.5. The number of carbonyl (C=O) groups excluding carboxylic acids is 2. The molecule has 0 heterocycles. The summed E-state index contributed by atoms with van der Waals surface area (Å²) in [6.07, 6.45) is 0.847. The Hall–Kier alpha value is -2.42. The van der Waals surface area contributed by atoms with Crippen LogP contribution in [0.4, 0.5) is 0 Å². The van der Waals surface area contributed by atoms with E-state index in [1.807, 2.05) is 32.9 Å². The highest BCUT2D eigenvalue weighted by molar-refractivity contribution is 6.15. The molecule has 0 saturated heterocycles. The lowest BCUT2D eigenvalue weighted by Crippen LogP contribution is -2.33. The van der Waals surface area contributed by atoms with Gasteiger partial charge in [-0.2, -0.15) is 0 Å². The number of amides is 1. The number of rotatable bonds is 5. The molecule has 0 fully saturated rings. The minimum atomic E-state index is -0.203. The third kappa shape index (κ3) is 3.61. The molecule has 3 heteroatoms. The molecule has 2 aromatic carbocycles. The van der Waals surface area contributed by atoms with Gasteiger partial charge in [0.05, 0.1) is 5.56 Å². The van der Waals surface area contributed by atoms with Gasteiger partial charge in [0.15, 0.2) is 5.78 Å². The minimum absolute atomic E-state index is 0.0787. The molecule has 0 bridgehead atoms. The predicted octanol–water partition coefficient (Wildman–Crippen LogP) is 3.75. The molecule has 2 aromatic rings.